The van der Waals surface area contributed by atoms with Crippen LogP contribution in [0, 0.1) is 0 Å². The van der Waals surface area contributed by atoms with Gasteiger partial charge in [0.1, 0.15) is 5.38 Å². The summed E-state index contributed by atoms with van der Waals surface area (Å²) in [6.07, 6.45) is 3.36. The molecule has 3 unspecified atom stereocenters. The Hall–Kier alpha value is -0.280. The maximum Gasteiger partial charge on any atom is 0.238 e. The number of nitrogens with one attached hydrogen (secondary N) is 1. The van der Waals surface area contributed by atoms with Crippen molar-refractivity contribution in [3.63, 3.8) is 0 Å². The van der Waals surface area contributed by atoms with Crippen molar-refractivity contribution in [1.82, 2.24) is 5.32 Å². The first-order valence-electron chi connectivity index (χ1n) is 4.74. The van der Waals surface area contributed by atoms with Crippen molar-refractivity contribution < 1.29 is 9.90 Å². The molecule has 0 aromatic heterocycles. The van der Waals surface area contributed by atoms with E-state index < -0.39 is 11.5 Å². The third kappa shape index (κ3) is 3.16. The third-order valence-electron chi connectivity index (χ3n) is 2.42. The number of aliphatic hydroxyl groups is 1. The Morgan fingerprint density at radius 3 is 2.69 bits per heavy atom. The molecule has 4 heteroatoms. The van der Waals surface area contributed by atoms with Crippen LogP contribution in [-0.2, 0) is 4.79 Å². The predicted molar refractivity (Wildman–Crippen MR) is 51.7 cm³/mol. The monoisotopic (exact) mass is 205 g/mol. The molecule has 0 spiro atoms. The first-order valence-corrected chi connectivity index (χ1v) is 5.17. The van der Waals surface area contributed by atoms with Crippen molar-refractivity contribution in [3.05, 3.63) is 0 Å². The molecule has 0 radical (unpaired) electrons. The molecule has 1 aliphatic carbocycles. The van der Waals surface area contributed by atoms with Gasteiger partial charge in [-0.05, 0) is 19.8 Å². The van der Waals surface area contributed by atoms with Crippen molar-refractivity contribution >= 4 is 17.5 Å². The van der Waals surface area contributed by atoms with E-state index in [9.17, 15) is 9.90 Å². The van der Waals surface area contributed by atoms with Crippen LogP contribution in [0.4, 0.5) is 0 Å². The third-order valence-corrected chi connectivity index (χ3v) is 2.62. The second-order valence-electron chi connectivity index (χ2n) is 3.58. The van der Waals surface area contributed by atoms with Gasteiger partial charge < -0.3 is 10.4 Å². The fourth-order valence-corrected chi connectivity index (χ4v) is 1.64. The van der Waals surface area contributed by atoms with E-state index >= 15 is 0 Å². The van der Waals surface area contributed by atoms with Crippen LogP contribution in [0.1, 0.15) is 32.6 Å². The number of carbonyl (C=O) groups is 1. The van der Waals surface area contributed by atoms with Crippen LogP contribution in [0.3, 0.4) is 0 Å². The molecule has 0 bridgehead atoms. The molecule has 3 nitrogen and oxygen atoms in total. The minimum atomic E-state index is -0.519. The highest BCUT2D eigenvalue weighted by Gasteiger charge is 2.25. The number of hydrogen-bond donors (Lipinski definition) is 2. The zero-order valence-corrected chi connectivity index (χ0v) is 8.55. The van der Waals surface area contributed by atoms with Gasteiger partial charge in [0.05, 0.1) is 12.1 Å². The number of aliphatic hydroxyl groups excluding tert-OH is 1. The Kier molecular flexibility index (Phi) is 4.00. The average Bonchev–Trinajstić information content (AvgIpc) is 2.08. The first kappa shape index (κ1) is 10.8. The summed E-state index contributed by atoms with van der Waals surface area (Å²) in [5, 5.41) is 11.8. The molecule has 1 aliphatic rings. The van der Waals surface area contributed by atoms with E-state index in [2.05, 4.69) is 5.32 Å². The molecule has 13 heavy (non-hydrogen) atoms. The summed E-state index contributed by atoms with van der Waals surface area (Å²) in [7, 11) is 0. The van der Waals surface area contributed by atoms with E-state index in [1.807, 2.05) is 0 Å². The van der Waals surface area contributed by atoms with Crippen LogP contribution in [0.15, 0.2) is 0 Å². The lowest BCUT2D eigenvalue weighted by molar-refractivity contribution is -0.122. The lowest BCUT2D eigenvalue weighted by Gasteiger charge is -2.28. The number of rotatable bonds is 2. The fourth-order valence-electron chi connectivity index (χ4n) is 1.58. The van der Waals surface area contributed by atoms with Crippen molar-refractivity contribution in [2.45, 2.75) is 50.1 Å². The summed E-state index contributed by atoms with van der Waals surface area (Å²) in [6.45, 7) is 1.63. The molecule has 1 saturated carbocycles. The van der Waals surface area contributed by atoms with Gasteiger partial charge in [-0.15, -0.1) is 11.6 Å². The molecule has 76 valence electrons. The standard InChI is InChI=1S/C9H16ClNO2/c1-6(10)9(13)11-7-4-2-3-5-8(7)12/h6-8,12H,2-5H2,1H3,(H,11,13). The smallest absolute Gasteiger partial charge is 0.238 e. The van der Waals surface area contributed by atoms with E-state index in [-0.39, 0.29) is 11.9 Å². The Balaban J connectivity index is 2.38. The Bertz CT molecular complexity index is 184. The minimum absolute atomic E-state index is 0.0950. The van der Waals surface area contributed by atoms with Gasteiger partial charge in [-0.2, -0.15) is 0 Å². The van der Waals surface area contributed by atoms with Gasteiger partial charge in [-0.1, -0.05) is 12.8 Å². The number of hydrogen-bond acceptors (Lipinski definition) is 2. The van der Waals surface area contributed by atoms with Crippen LogP contribution in [0.2, 0.25) is 0 Å². The first-order chi connectivity index (χ1) is 6.11. The van der Waals surface area contributed by atoms with Crippen molar-refractivity contribution in [2.24, 2.45) is 0 Å². The molecule has 0 aromatic carbocycles. The number of halogens is 1. The van der Waals surface area contributed by atoms with Crippen molar-refractivity contribution in [3.8, 4) is 0 Å². The number of carbonyl (C=O) groups excluding carboxylic acids is 1. The molecule has 1 amide bonds. The molecule has 1 fully saturated rings. The molecule has 0 aromatic rings. The van der Waals surface area contributed by atoms with Gasteiger partial charge in [0.15, 0.2) is 0 Å². The van der Waals surface area contributed by atoms with E-state index in [0.29, 0.717) is 0 Å². The van der Waals surface area contributed by atoms with Crippen LogP contribution in [-0.4, -0.2) is 28.5 Å². The van der Waals surface area contributed by atoms with E-state index in [0.717, 1.165) is 25.7 Å². The summed E-state index contributed by atoms with van der Waals surface area (Å²) < 4.78 is 0. The van der Waals surface area contributed by atoms with E-state index in [1.165, 1.54) is 0 Å². The highest BCUT2D eigenvalue weighted by Crippen LogP contribution is 2.18. The molecule has 2 N–H and O–H groups in total. The highest BCUT2D eigenvalue weighted by atomic mass is 35.5. The summed E-state index contributed by atoms with van der Waals surface area (Å²) in [5.74, 6) is -0.187. The molecule has 1 rings (SSSR count). The molecule has 0 saturated heterocycles. The number of amides is 1. The summed E-state index contributed by atoms with van der Waals surface area (Å²) in [5.41, 5.74) is 0. The van der Waals surface area contributed by atoms with Gasteiger partial charge in [-0.25, -0.2) is 0 Å². The molecular formula is C9H16ClNO2. The summed E-state index contributed by atoms with van der Waals surface area (Å²) in [6, 6.07) is -0.0950. The Morgan fingerprint density at radius 2 is 2.15 bits per heavy atom. The van der Waals surface area contributed by atoms with Crippen LogP contribution >= 0.6 is 11.6 Å². The maximum absolute atomic E-state index is 11.2. The van der Waals surface area contributed by atoms with Crippen molar-refractivity contribution in [2.75, 3.05) is 0 Å². The highest BCUT2D eigenvalue weighted by molar-refractivity contribution is 6.30. The van der Waals surface area contributed by atoms with Gasteiger partial charge in [0, 0.05) is 0 Å². The molecule has 0 heterocycles. The molecule has 0 aliphatic heterocycles. The van der Waals surface area contributed by atoms with Gasteiger partial charge in [-0.3, -0.25) is 4.79 Å². The Morgan fingerprint density at radius 1 is 1.54 bits per heavy atom. The fraction of sp³-hybridized carbons (Fsp3) is 0.889. The van der Waals surface area contributed by atoms with Crippen LogP contribution in [0.25, 0.3) is 0 Å². The summed E-state index contributed by atoms with van der Waals surface area (Å²) in [4.78, 5) is 11.2. The summed E-state index contributed by atoms with van der Waals surface area (Å²) >= 11 is 5.60. The van der Waals surface area contributed by atoms with Gasteiger partial charge in [0.25, 0.3) is 0 Å². The second-order valence-corrected chi connectivity index (χ2v) is 4.24. The van der Waals surface area contributed by atoms with Crippen molar-refractivity contribution in [1.29, 1.82) is 0 Å². The van der Waals surface area contributed by atoms with Crippen LogP contribution in [0.5, 0.6) is 0 Å². The normalized spacial score (nSPS) is 31.0. The van der Waals surface area contributed by atoms with Gasteiger partial charge >= 0.3 is 0 Å². The SMILES string of the molecule is CC(Cl)C(=O)NC1CCCCC1O. The topological polar surface area (TPSA) is 49.3 Å². The largest absolute Gasteiger partial charge is 0.391 e. The second kappa shape index (κ2) is 4.82. The van der Waals surface area contributed by atoms with E-state index in [1.54, 1.807) is 6.92 Å². The quantitative estimate of drug-likeness (QED) is 0.662. The zero-order chi connectivity index (χ0) is 9.84. The molecule has 3 atom stereocenters. The Labute approximate surface area is 83.5 Å². The minimum Gasteiger partial charge on any atom is -0.391 e. The van der Waals surface area contributed by atoms with E-state index in [4.69, 9.17) is 11.6 Å². The maximum atomic E-state index is 11.2. The zero-order valence-electron chi connectivity index (χ0n) is 7.79. The lowest BCUT2D eigenvalue weighted by atomic mass is 9.92. The predicted octanol–water partition coefficient (Wildman–Crippen LogP) is 1.03. The average molecular weight is 206 g/mol. The van der Waals surface area contributed by atoms with Crippen LogP contribution < -0.4 is 5.32 Å². The number of alkyl halides is 1. The molecular weight excluding hydrogens is 190 g/mol. The van der Waals surface area contributed by atoms with Gasteiger partial charge in [0.2, 0.25) is 5.91 Å². The lowest BCUT2D eigenvalue weighted by Crippen LogP contribution is -2.47.